The number of rotatable bonds is 2. The van der Waals surface area contributed by atoms with Crippen LogP contribution < -0.4 is 16.0 Å². The highest BCUT2D eigenvalue weighted by molar-refractivity contribution is 5.99. The van der Waals surface area contributed by atoms with Crippen molar-refractivity contribution in [2.75, 3.05) is 0 Å². The molecule has 3 aromatic carbocycles. The topological polar surface area (TPSA) is 58.2 Å². The van der Waals surface area contributed by atoms with Crippen molar-refractivity contribution in [2.24, 2.45) is 14.1 Å². The zero-order valence-corrected chi connectivity index (χ0v) is 21.0. The highest BCUT2D eigenvalue weighted by Crippen LogP contribution is 2.47. The van der Waals surface area contributed by atoms with Crippen molar-refractivity contribution in [2.45, 2.75) is 26.9 Å². The molecule has 0 radical (unpaired) electrons. The van der Waals surface area contributed by atoms with Gasteiger partial charge in [0.25, 0.3) is 5.56 Å². The molecule has 0 unspecified atom stereocenters. The molecule has 6 rings (SSSR count). The number of aromatic nitrogens is 3. The van der Waals surface area contributed by atoms with E-state index >= 15 is 0 Å². The maximum atomic E-state index is 13.8. The zero-order chi connectivity index (χ0) is 25.3. The molecule has 6 nitrogen and oxygen atoms in total. The molecule has 6 heteroatoms. The van der Waals surface area contributed by atoms with Crippen LogP contribution in [0.15, 0.2) is 76.3 Å². The molecule has 0 aliphatic carbocycles. The largest absolute Gasteiger partial charge is 0.477 e. The highest BCUT2D eigenvalue weighted by Gasteiger charge is 2.36. The first-order valence-electron chi connectivity index (χ1n) is 12.0. The third-order valence-corrected chi connectivity index (χ3v) is 7.24. The van der Waals surface area contributed by atoms with Gasteiger partial charge in [-0.15, -0.1) is 0 Å². The summed E-state index contributed by atoms with van der Waals surface area (Å²) in [7, 11) is 3.26. The molecule has 1 atom stereocenters. The van der Waals surface area contributed by atoms with Crippen LogP contribution >= 0.6 is 0 Å². The summed E-state index contributed by atoms with van der Waals surface area (Å²) in [5.74, 6) is 0.732. The Labute approximate surface area is 208 Å². The van der Waals surface area contributed by atoms with Crippen LogP contribution in [-0.4, -0.2) is 13.7 Å². The normalized spacial score (nSPS) is 14.4. The molecule has 0 amide bonds. The Hall–Kier alpha value is -4.32. The molecule has 0 bridgehead atoms. The smallest absolute Gasteiger partial charge is 0.331 e. The molecule has 0 spiro atoms. The molecule has 1 aliphatic rings. The summed E-state index contributed by atoms with van der Waals surface area (Å²) >= 11 is 0. The van der Waals surface area contributed by atoms with Crippen molar-refractivity contribution in [3.63, 3.8) is 0 Å². The van der Waals surface area contributed by atoms with E-state index < -0.39 is 6.10 Å². The van der Waals surface area contributed by atoms with Gasteiger partial charge in [0.2, 0.25) is 0 Å². The summed E-state index contributed by atoms with van der Waals surface area (Å²) in [6.45, 7) is 6.13. The average Bonchev–Trinajstić information content (AvgIpc) is 3.23. The van der Waals surface area contributed by atoms with Crippen molar-refractivity contribution in [3.05, 3.63) is 116 Å². The first-order valence-corrected chi connectivity index (χ1v) is 12.0. The van der Waals surface area contributed by atoms with Crippen LogP contribution in [0.2, 0.25) is 0 Å². The maximum absolute atomic E-state index is 13.8. The van der Waals surface area contributed by atoms with Gasteiger partial charge in [0.15, 0.2) is 6.10 Å². The molecule has 0 saturated heterocycles. The first-order chi connectivity index (χ1) is 17.3. The first kappa shape index (κ1) is 22.2. The molecular weight excluding hydrogens is 450 g/mol. The Morgan fingerprint density at radius 1 is 0.806 bits per heavy atom. The summed E-state index contributed by atoms with van der Waals surface area (Å²) < 4.78 is 11.6. The predicted molar refractivity (Wildman–Crippen MR) is 142 cm³/mol. The van der Waals surface area contributed by atoms with E-state index in [1.54, 1.807) is 11.6 Å². The molecule has 2 aromatic heterocycles. The lowest BCUT2D eigenvalue weighted by Gasteiger charge is -2.30. The Balaban J connectivity index is 1.88. The van der Waals surface area contributed by atoms with Crippen LogP contribution in [0.1, 0.15) is 34.1 Å². The lowest BCUT2D eigenvalue weighted by atomic mass is 10.0. The minimum absolute atomic E-state index is 0.315. The fourth-order valence-corrected chi connectivity index (χ4v) is 5.33. The van der Waals surface area contributed by atoms with E-state index in [0.717, 1.165) is 50.6 Å². The Morgan fingerprint density at radius 2 is 1.50 bits per heavy atom. The van der Waals surface area contributed by atoms with Crippen molar-refractivity contribution in [3.8, 4) is 22.7 Å². The van der Waals surface area contributed by atoms with E-state index in [4.69, 9.17) is 4.74 Å². The average molecular weight is 478 g/mol. The summed E-state index contributed by atoms with van der Waals surface area (Å²) in [6, 6.07) is 22.4. The fraction of sp³-hybridized carbons (Fsp3) is 0.200. The highest BCUT2D eigenvalue weighted by atomic mass is 16.5. The van der Waals surface area contributed by atoms with Gasteiger partial charge in [0, 0.05) is 19.7 Å². The minimum Gasteiger partial charge on any atom is -0.477 e. The van der Waals surface area contributed by atoms with Crippen molar-refractivity contribution in [1.82, 2.24) is 13.7 Å². The number of aryl methyl sites for hydroxylation is 4. The Morgan fingerprint density at radius 3 is 2.22 bits per heavy atom. The van der Waals surface area contributed by atoms with Gasteiger partial charge in [-0.25, -0.2) is 4.79 Å². The summed E-state index contributed by atoms with van der Waals surface area (Å²) in [4.78, 5) is 27.0. The van der Waals surface area contributed by atoms with Gasteiger partial charge in [-0.1, -0.05) is 60.2 Å². The lowest BCUT2D eigenvalue weighted by Crippen LogP contribution is -2.37. The van der Waals surface area contributed by atoms with Gasteiger partial charge < -0.3 is 9.30 Å². The molecule has 180 valence electrons. The lowest BCUT2D eigenvalue weighted by molar-refractivity contribution is 0.229. The van der Waals surface area contributed by atoms with E-state index in [2.05, 4.69) is 34.9 Å². The fourth-order valence-electron chi connectivity index (χ4n) is 5.33. The third kappa shape index (κ3) is 3.04. The summed E-state index contributed by atoms with van der Waals surface area (Å²) in [5.41, 5.74) is 7.50. The Kier molecular flexibility index (Phi) is 4.83. The molecule has 3 heterocycles. The van der Waals surface area contributed by atoms with E-state index in [-0.39, 0.29) is 11.2 Å². The maximum Gasteiger partial charge on any atom is 0.331 e. The molecular formula is C30H27N3O3. The number of benzene rings is 3. The van der Waals surface area contributed by atoms with Crippen molar-refractivity contribution in [1.29, 1.82) is 0 Å². The van der Waals surface area contributed by atoms with Gasteiger partial charge in [-0.3, -0.25) is 13.9 Å². The molecule has 36 heavy (non-hydrogen) atoms. The number of nitrogens with zero attached hydrogens (tertiary/aromatic N) is 3. The van der Waals surface area contributed by atoms with Gasteiger partial charge in [-0.2, -0.15) is 0 Å². The number of ether oxygens (including phenoxy) is 1. The predicted octanol–water partition coefficient (Wildman–Crippen LogP) is 5.10. The van der Waals surface area contributed by atoms with E-state index in [0.29, 0.717) is 10.9 Å². The number of hydrogen-bond acceptors (Lipinski definition) is 3. The molecule has 0 saturated carbocycles. The number of fused-ring (bicyclic) bond motifs is 5. The zero-order valence-electron chi connectivity index (χ0n) is 21.0. The second kappa shape index (κ2) is 7.85. The molecule has 0 fully saturated rings. The molecule has 0 N–H and O–H groups in total. The third-order valence-electron chi connectivity index (χ3n) is 7.24. The van der Waals surface area contributed by atoms with E-state index in [1.165, 1.54) is 11.6 Å². The molecule has 1 aliphatic heterocycles. The van der Waals surface area contributed by atoms with Crippen molar-refractivity contribution >= 4 is 10.9 Å². The van der Waals surface area contributed by atoms with E-state index in [9.17, 15) is 9.59 Å². The van der Waals surface area contributed by atoms with E-state index in [1.807, 2.05) is 57.2 Å². The van der Waals surface area contributed by atoms with Crippen LogP contribution in [0.25, 0.3) is 27.8 Å². The monoisotopic (exact) mass is 477 g/mol. The second-order valence-corrected chi connectivity index (χ2v) is 9.69. The van der Waals surface area contributed by atoms with Gasteiger partial charge in [-0.05, 0) is 49.6 Å². The van der Waals surface area contributed by atoms with Crippen LogP contribution in [0.3, 0.4) is 0 Å². The number of hydrogen-bond donors (Lipinski definition) is 0. The Bertz CT molecular complexity index is 1800. The van der Waals surface area contributed by atoms with Crippen LogP contribution in [-0.2, 0) is 14.1 Å². The van der Waals surface area contributed by atoms with Crippen molar-refractivity contribution < 1.29 is 4.74 Å². The SMILES string of the molecule is Cc1ccc([C@@H]2Oc3ccc(C)cc3-n3c(-c4ccccc4C)c4c(=O)n(C)c(=O)n(C)c4c32)cc1. The van der Waals surface area contributed by atoms with Crippen LogP contribution in [0.5, 0.6) is 5.75 Å². The second-order valence-electron chi connectivity index (χ2n) is 9.69. The van der Waals surface area contributed by atoms with Gasteiger partial charge in [0.1, 0.15) is 5.75 Å². The van der Waals surface area contributed by atoms with Crippen LogP contribution in [0, 0.1) is 20.8 Å². The standard InChI is InChI=1S/C30H27N3O3/c1-17-10-13-20(14-11-17)28-27-26-24(29(34)32(5)30(35)31(26)4)25(21-9-7-6-8-19(21)3)33(27)22-16-18(2)12-15-23(22)36-28/h6-16,28H,1-5H3/t28-/m0/s1. The van der Waals surface area contributed by atoms with Crippen LogP contribution in [0.4, 0.5) is 0 Å². The van der Waals surface area contributed by atoms with Gasteiger partial charge in [0.05, 0.1) is 28.0 Å². The summed E-state index contributed by atoms with van der Waals surface area (Å²) in [6.07, 6.45) is -0.501. The quantitative estimate of drug-likeness (QED) is 0.355. The minimum atomic E-state index is -0.501. The summed E-state index contributed by atoms with van der Waals surface area (Å²) in [5, 5.41) is 0.513. The van der Waals surface area contributed by atoms with Gasteiger partial charge >= 0.3 is 5.69 Å². The molecule has 5 aromatic rings.